The topological polar surface area (TPSA) is 89.8 Å². The van der Waals surface area contributed by atoms with Crippen molar-refractivity contribution in [2.45, 2.75) is 52.7 Å². The highest BCUT2D eigenvalue weighted by Crippen LogP contribution is 2.38. The Hall–Kier alpha value is -3.48. The first-order chi connectivity index (χ1) is 14.7. The highest BCUT2D eigenvalue weighted by atomic mass is 16.6. The van der Waals surface area contributed by atoms with Gasteiger partial charge in [-0.2, -0.15) is 0 Å². The molecule has 1 aliphatic rings. The Kier molecular flexibility index (Phi) is 6.53. The molecule has 2 aromatic carbocycles. The Labute approximate surface area is 181 Å². The van der Waals surface area contributed by atoms with Gasteiger partial charge in [-0.05, 0) is 38.8 Å². The van der Waals surface area contributed by atoms with Crippen molar-refractivity contribution >= 4 is 17.6 Å². The number of nitrogens with zero attached hydrogens (tertiary/aromatic N) is 2. The van der Waals surface area contributed by atoms with E-state index in [2.05, 4.69) is 0 Å². The van der Waals surface area contributed by atoms with E-state index in [1.165, 1.54) is 12.1 Å². The van der Waals surface area contributed by atoms with E-state index in [0.29, 0.717) is 11.3 Å². The maximum atomic E-state index is 13.1. The highest BCUT2D eigenvalue weighted by molar-refractivity contribution is 5.96. The first-order valence-electron chi connectivity index (χ1n) is 10.2. The number of nitro benzene ring substituents is 1. The number of rotatable bonds is 6. The third kappa shape index (κ3) is 4.99. The van der Waals surface area contributed by atoms with Crippen LogP contribution in [0, 0.1) is 17.0 Å². The van der Waals surface area contributed by atoms with Crippen LogP contribution in [0.4, 0.5) is 5.69 Å². The molecule has 0 fully saturated rings. The highest BCUT2D eigenvalue weighted by Gasteiger charge is 2.37. The average Bonchev–Trinajstić information content (AvgIpc) is 2.71. The van der Waals surface area contributed by atoms with E-state index in [4.69, 9.17) is 4.74 Å². The maximum absolute atomic E-state index is 13.1. The molecule has 2 aromatic rings. The van der Waals surface area contributed by atoms with Crippen LogP contribution in [0.1, 0.15) is 49.8 Å². The molecular weight excluding hydrogens is 396 g/mol. The third-order valence-corrected chi connectivity index (χ3v) is 5.35. The van der Waals surface area contributed by atoms with E-state index < -0.39 is 10.9 Å². The van der Waals surface area contributed by atoms with Crippen molar-refractivity contribution in [2.75, 3.05) is 0 Å². The molecule has 0 bridgehead atoms. The van der Waals surface area contributed by atoms with E-state index in [1.54, 1.807) is 37.8 Å². The van der Waals surface area contributed by atoms with Gasteiger partial charge in [0.15, 0.2) is 0 Å². The quantitative estimate of drug-likeness (QED) is 0.384. The van der Waals surface area contributed by atoms with Crippen LogP contribution in [-0.2, 0) is 20.9 Å². The summed E-state index contributed by atoms with van der Waals surface area (Å²) in [5.74, 6) is -0.922. The fourth-order valence-electron chi connectivity index (χ4n) is 3.73. The van der Waals surface area contributed by atoms with Crippen molar-refractivity contribution in [3.8, 4) is 0 Å². The number of nitro groups is 1. The summed E-state index contributed by atoms with van der Waals surface area (Å²) in [6.07, 6.45) is -0.136. The summed E-state index contributed by atoms with van der Waals surface area (Å²) in [4.78, 5) is 38.0. The minimum absolute atomic E-state index is 0.0124. The second-order valence-electron chi connectivity index (χ2n) is 8.02. The van der Waals surface area contributed by atoms with Crippen molar-refractivity contribution in [1.29, 1.82) is 0 Å². The molecule has 0 aromatic heterocycles. The predicted molar refractivity (Wildman–Crippen MR) is 116 cm³/mol. The summed E-state index contributed by atoms with van der Waals surface area (Å²) in [5, 5.41) is 10.9. The smallest absolute Gasteiger partial charge is 0.336 e. The monoisotopic (exact) mass is 422 g/mol. The van der Waals surface area contributed by atoms with Gasteiger partial charge in [0, 0.05) is 30.2 Å². The number of amides is 1. The summed E-state index contributed by atoms with van der Waals surface area (Å²) < 4.78 is 5.50. The second kappa shape index (κ2) is 9.12. The van der Waals surface area contributed by atoms with Gasteiger partial charge < -0.3 is 9.64 Å². The van der Waals surface area contributed by atoms with Crippen molar-refractivity contribution in [1.82, 2.24) is 4.90 Å². The Bertz CT molecular complexity index is 1020. The van der Waals surface area contributed by atoms with E-state index >= 15 is 0 Å². The van der Waals surface area contributed by atoms with E-state index in [-0.39, 0.29) is 36.6 Å². The SMILES string of the molecule is CC1=C(C(=O)OC(C)C)C(c2ccc(C)cc2)CC(=O)N1Cc1ccc([N+](=O)[O-])cc1. The van der Waals surface area contributed by atoms with Gasteiger partial charge in [0.05, 0.1) is 23.1 Å². The van der Waals surface area contributed by atoms with Crippen molar-refractivity contribution in [2.24, 2.45) is 0 Å². The van der Waals surface area contributed by atoms with Crippen LogP contribution in [0.2, 0.25) is 0 Å². The van der Waals surface area contributed by atoms with Crippen molar-refractivity contribution < 1.29 is 19.2 Å². The summed E-state index contributed by atoms with van der Waals surface area (Å²) in [6.45, 7) is 7.54. The molecule has 0 saturated carbocycles. The molecule has 7 nitrogen and oxygen atoms in total. The van der Waals surface area contributed by atoms with Gasteiger partial charge in [0.1, 0.15) is 0 Å². The lowest BCUT2D eigenvalue weighted by Crippen LogP contribution is -2.38. The first kappa shape index (κ1) is 22.2. The number of carbonyl (C=O) groups is 2. The normalized spacial score (nSPS) is 16.6. The molecule has 7 heteroatoms. The molecule has 0 aliphatic carbocycles. The molecule has 0 radical (unpaired) electrons. The maximum Gasteiger partial charge on any atom is 0.336 e. The van der Waals surface area contributed by atoms with Crippen LogP contribution in [0.5, 0.6) is 0 Å². The van der Waals surface area contributed by atoms with Gasteiger partial charge in [-0.1, -0.05) is 42.0 Å². The number of hydrogen-bond acceptors (Lipinski definition) is 5. The van der Waals surface area contributed by atoms with Crippen LogP contribution in [0.3, 0.4) is 0 Å². The zero-order valence-corrected chi connectivity index (χ0v) is 18.1. The lowest BCUT2D eigenvalue weighted by atomic mass is 9.83. The number of allylic oxidation sites excluding steroid dienone is 1. The summed E-state index contributed by atoms with van der Waals surface area (Å²) in [5.41, 5.74) is 3.73. The van der Waals surface area contributed by atoms with Crippen LogP contribution in [-0.4, -0.2) is 27.8 Å². The third-order valence-electron chi connectivity index (χ3n) is 5.35. The molecule has 0 N–H and O–H groups in total. The van der Waals surface area contributed by atoms with Gasteiger partial charge >= 0.3 is 5.97 Å². The van der Waals surface area contributed by atoms with E-state index in [9.17, 15) is 19.7 Å². The molecule has 1 heterocycles. The van der Waals surface area contributed by atoms with Crippen LogP contribution < -0.4 is 0 Å². The standard InChI is InChI=1S/C24H26N2O5/c1-15(2)31-24(28)23-17(4)25(14-18-7-11-20(12-8-18)26(29)30)22(27)13-21(23)19-9-5-16(3)6-10-19/h5-12,15,21H,13-14H2,1-4H3. The molecule has 162 valence electrons. The van der Waals surface area contributed by atoms with E-state index in [1.807, 2.05) is 31.2 Å². The molecule has 1 atom stereocenters. The average molecular weight is 422 g/mol. The number of hydrogen-bond donors (Lipinski definition) is 0. The number of esters is 1. The molecule has 0 saturated heterocycles. The Morgan fingerprint density at radius 1 is 1.13 bits per heavy atom. The molecular formula is C24H26N2O5. The van der Waals surface area contributed by atoms with Gasteiger partial charge in [0.25, 0.3) is 5.69 Å². The summed E-state index contributed by atoms with van der Waals surface area (Å²) in [7, 11) is 0. The minimum Gasteiger partial charge on any atom is -0.460 e. The molecule has 0 spiro atoms. The van der Waals surface area contributed by atoms with Crippen molar-refractivity contribution in [3.63, 3.8) is 0 Å². The molecule has 3 rings (SSSR count). The minimum atomic E-state index is -0.465. The van der Waals surface area contributed by atoms with Gasteiger partial charge in [-0.25, -0.2) is 4.79 Å². The van der Waals surface area contributed by atoms with Crippen LogP contribution in [0.25, 0.3) is 0 Å². The Balaban J connectivity index is 1.99. The summed E-state index contributed by atoms with van der Waals surface area (Å²) >= 11 is 0. The lowest BCUT2D eigenvalue weighted by Gasteiger charge is -2.35. The number of carbonyl (C=O) groups excluding carboxylic acids is 2. The van der Waals surface area contributed by atoms with Gasteiger partial charge in [0.2, 0.25) is 5.91 Å². The zero-order chi connectivity index (χ0) is 22.7. The van der Waals surface area contributed by atoms with E-state index in [0.717, 1.165) is 16.7 Å². The fourth-order valence-corrected chi connectivity index (χ4v) is 3.73. The van der Waals surface area contributed by atoms with Gasteiger partial charge in [-0.3, -0.25) is 14.9 Å². The zero-order valence-electron chi connectivity index (χ0n) is 18.1. The first-order valence-corrected chi connectivity index (χ1v) is 10.2. The summed E-state index contributed by atoms with van der Waals surface area (Å²) in [6, 6.07) is 13.9. The van der Waals surface area contributed by atoms with Crippen LogP contribution in [0.15, 0.2) is 59.8 Å². The largest absolute Gasteiger partial charge is 0.460 e. The molecule has 1 aliphatic heterocycles. The Morgan fingerprint density at radius 3 is 2.29 bits per heavy atom. The molecule has 1 unspecified atom stereocenters. The number of non-ortho nitro benzene ring substituents is 1. The number of aryl methyl sites for hydroxylation is 1. The fraction of sp³-hybridized carbons (Fsp3) is 0.333. The number of ether oxygens (including phenoxy) is 1. The van der Waals surface area contributed by atoms with Gasteiger partial charge in [-0.15, -0.1) is 0 Å². The predicted octanol–water partition coefficient (Wildman–Crippen LogP) is 4.64. The number of benzene rings is 2. The van der Waals surface area contributed by atoms with Crippen molar-refractivity contribution in [3.05, 3.63) is 86.6 Å². The second-order valence-corrected chi connectivity index (χ2v) is 8.02. The Morgan fingerprint density at radius 2 is 1.74 bits per heavy atom. The lowest BCUT2D eigenvalue weighted by molar-refractivity contribution is -0.384. The van der Waals surface area contributed by atoms with Crippen LogP contribution >= 0.6 is 0 Å². The molecule has 1 amide bonds. The molecule has 31 heavy (non-hydrogen) atoms.